The molecule has 7 heteroatoms. The maximum atomic E-state index is 12.8. The van der Waals surface area contributed by atoms with Crippen LogP contribution >= 0.6 is 39.1 Å². The first-order chi connectivity index (χ1) is 14.8. The van der Waals surface area contributed by atoms with Gasteiger partial charge in [0.15, 0.2) is 18.1 Å². The molecule has 0 fully saturated rings. The standard InChI is InChI=1S/C24H15BrCl2O4/c1-13-21(30-12-20(28)14-2-5-16(25)6-3-14)9-8-18-23(29)22(31-24(13)18)10-15-4-7-17(26)11-19(15)27/h2-11H,12H2,1H3/b22-10-. The number of Topliss-reactive ketones (excluding diaryl/α,β-unsaturated/α-hetero) is 2. The molecule has 31 heavy (non-hydrogen) atoms. The van der Waals surface area contributed by atoms with E-state index in [1.165, 1.54) is 0 Å². The summed E-state index contributed by atoms with van der Waals surface area (Å²) in [6, 6.07) is 15.4. The largest absolute Gasteiger partial charge is 0.485 e. The highest BCUT2D eigenvalue weighted by Crippen LogP contribution is 2.39. The van der Waals surface area contributed by atoms with Crippen LogP contribution in [0.25, 0.3) is 6.08 Å². The molecule has 0 radical (unpaired) electrons. The number of benzene rings is 3. The van der Waals surface area contributed by atoms with Gasteiger partial charge >= 0.3 is 0 Å². The van der Waals surface area contributed by atoms with E-state index in [-0.39, 0.29) is 23.9 Å². The van der Waals surface area contributed by atoms with E-state index in [1.807, 2.05) is 0 Å². The maximum Gasteiger partial charge on any atom is 0.231 e. The van der Waals surface area contributed by atoms with Crippen molar-refractivity contribution in [2.75, 3.05) is 6.61 Å². The van der Waals surface area contributed by atoms with Gasteiger partial charge in [-0.1, -0.05) is 57.3 Å². The fraction of sp³-hybridized carbons (Fsp3) is 0.0833. The predicted octanol–water partition coefficient (Wildman–Crippen LogP) is 6.94. The summed E-state index contributed by atoms with van der Waals surface area (Å²) in [4.78, 5) is 25.1. The summed E-state index contributed by atoms with van der Waals surface area (Å²) in [6.07, 6.45) is 1.58. The van der Waals surface area contributed by atoms with Crippen LogP contribution in [0.4, 0.5) is 0 Å². The molecule has 156 valence electrons. The highest BCUT2D eigenvalue weighted by atomic mass is 79.9. The first-order valence-corrected chi connectivity index (χ1v) is 10.8. The molecule has 0 spiro atoms. The molecule has 1 heterocycles. The number of fused-ring (bicyclic) bond motifs is 1. The number of carbonyl (C=O) groups is 2. The number of hydrogen-bond donors (Lipinski definition) is 0. The van der Waals surface area contributed by atoms with E-state index in [2.05, 4.69) is 15.9 Å². The fourth-order valence-corrected chi connectivity index (χ4v) is 3.87. The van der Waals surface area contributed by atoms with Crippen molar-refractivity contribution in [3.63, 3.8) is 0 Å². The van der Waals surface area contributed by atoms with Crippen molar-refractivity contribution in [3.05, 3.63) is 97.1 Å². The van der Waals surface area contributed by atoms with E-state index in [4.69, 9.17) is 32.7 Å². The summed E-state index contributed by atoms with van der Waals surface area (Å²) >= 11 is 15.5. The molecule has 0 saturated carbocycles. The molecular formula is C24H15BrCl2O4. The van der Waals surface area contributed by atoms with E-state index in [9.17, 15) is 9.59 Å². The Morgan fingerprint density at radius 2 is 1.84 bits per heavy atom. The van der Waals surface area contributed by atoms with Crippen LogP contribution in [0, 0.1) is 6.92 Å². The Morgan fingerprint density at radius 1 is 1.10 bits per heavy atom. The van der Waals surface area contributed by atoms with Gasteiger partial charge in [-0.3, -0.25) is 9.59 Å². The first-order valence-electron chi connectivity index (χ1n) is 9.28. The van der Waals surface area contributed by atoms with Gasteiger partial charge in [0.1, 0.15) is 11.5 Å². The second kappa shape index (κ2) is 8.87. The van der Waals surface area contributed by atoms with Crippen LogP contribution in [0.1, 0.15) is 31.8 Å². The molecule has 4 nitrogen and oxygen atoms in total. The van der Waals surface area contributed by atoms with Gasteiger partial charge in [-0.15, -0.1) is 0 Å². The lowest BCUT2D eigenvalue weighted by Crippen LogP contribution is -2.12. The Kier molecular flexibility index (Phi) is 6.19. The number of ketones is 2. The van der Waals surface area contributed by atoms with Gasteiger partial charge in [-0.2, -0.15) is 0 Å². The second-order valence-corrected chi connectivity index (χ2v) is 8.65. The Labute approximate surface area is 197 Å². The third-order valence-corrected chi connectivity index (χ3v) is 5.90. The highest BCUT2D eigenvalue weighted by Gasteiger charge is 2.30. The van der Waals surface area contributed by atoms with Crippen molar-refractivity contribution in [2.45, 2.75) is 6.92 Å². The van der Waals surface area contributed by atoms with Crippen LogP contribution in [0.2, 0.25) is 10.0 Å². The lowest BCUT2D eigenvalue weighted by atomic mass is 10.1. The van der Waals surface area contributed by atoms with Crippen LogP contribution in [0.5, 0.6) is 11.5 Å². The molecule has 3 aromatic rings. The average molecular weight is 518 g/mol. The zero-order chi connectivity index (χ0) is 22.1. The zero-order valence-electron chi connectivity index (χ0n) is 16.2. The molecule has 0 aliphatic carbocycles. The van der Waals surface area contributed by atoms with Crippen LogP contribution in [-0.4, -0.2) is 18.2 Å². The van der Waals surface area contributed by atoms with Crippen molar-refractivity contribution in [1.29, 1.82) is 0 Å². The molecule has 0 saturated heterocycles. The Morgan fingerprint density at radius 3 is 2.55 bits per heavy atom. The molecule has 3 aromatic carbocycles. The molecular weight excluding hydrogens is 503 g/mol. The number of carbonyl (C=O) groups excluding carboxylic acids is 2. The van der Waals surface area contributed by atoms with Crippen molar-refractivity contribution < 1.29 is 19.1 Å². The monoisotopic (exact) mass is 516 g/mol. The summed E-state index contributed by atoms with van der Waals surface area (Å²) in [5, 5.41) is 0.920. The number of rotatable bonds is 5. The molecule has 0 N–H and O–H groups in total. The van der Waals surface area contributed by atoms with Gasteiger partial charge in [-0.25, -0.2) is 0 Å². The van der Waals surface area contributed by atoms with Gasteiger partial charge in [0.25, 0.3) is 0 Å². The first kappa shape index (κ1) is 21.6. The van der Waals surface area contributed by atoms with Crippen LogP contribution < -0.4 is 9.47 Å². The summed E-state index contributed by atoms with van der Waals surface area (Å²) in [6.45, 7) is 1.65. The lowest BCUT2D eigenvalue weighted by molar-refractivity contribution is 0.0920. The van der Waals surface area contributed by atoms with Crippen LogP contribution in [0.15, 0.2) is 64.8 Å². The van der Waals surface area contributed by atoms with Crippen molar-refractivity contribution in [3.8, 4) is 11.5 Å². The Balaban J connectivity index is 1.54. The predicted molar refractivity (Wildman–Crippen MR) is 125 cm³/mol. The SMILES string of the molecule is Cc1c(OCC(=O)c2ccc(Br)cc2)ccc2c1O/C(=C\c1ccc(Cl)cc1Cl)C2=O. The van der Waals surface area contributed by atoms with Gasteiger partial charge in [-0.05, 0) is 55.0 Å². The lowest BCUT2D eigenvalue weighted by Gasteiger charge is -2.11. The zero-order valence-corrected chi connectivity index (χ0v) is 19.3. The van der Waals surface area contributed by atoms with Crippen LogP contribution in [0.3, 0.4) is 0 Å². The fourth-order valence-electron chi connectivity index (χ4n) is 3.15. The smallest absolute Gasteiger partial charge is 0.231 e. The van der Waals surface area contributed by atoms with Gasteiger partial charge in [0.05, 0.1) is 5.56 Å². The number of ether oxygens (including phenoxy) is 2. The minimum Gasteiger partial charge on any atom is -0.485 e. The molecule has 1 aliphatic heterocycles. The Hall–Kier alpha value is -2.60. The van der Waals surface area contributed by atoms with Crippen molar-refractivity contribution in [2.24, 2.45) is 0 Å². The van der Waals surface area contributed by atoms with E-state index in [0.29, 0.717) is 43.8 Å². The summed E-state index contributed by atoms with van der Waals surface area (Å²) < 4.78 is 12.4. The van der Waals surface area contributed by atoms with Gasteiger partial charge in [0.2, 0.25) is 5.78 Å². The van der Waals surface area contributed by atoms with E-state index in [1.54, 1.807) is 67.6 Å². The molecule has 0 bridgehead atoms. The maximum absolute atomic E-state index is 12.8. The van der Waals surface area contributed by atoms with E-state index >= 15 is 0 Å². The summed E-state index contributed by atoms with van der Waals surface area (Å²) in [5.41, 5.74) is 2.25. The molecule has 0 aromatic heterocycles. The van der Waals surface area contributed by atoms with Crippen LogP contribution in [-0.2, 0) is 0 Å². The van der Waals surface area contributed by atoms with Crippen molar-refractivity contribution >= 4 is 56.8 Å². The molecule has 1 aliphatic rings. The third kappa shape index (κ3) is 4.54. The van der Waals surface area contributed by atoms with Gasteiger partial charge in [0, 0.05) is 25.6 Å². The molecule has 4 rings (SSSR count). The minimum atomic E-state index is -0.249. The number of halogens is 3. The topological polar surface area (TPSA) is 52.6 Å². The highest BCUT2D eigenvalue weighted by molar-refractivity contribution is 9.10. The quantitative estimate of drug-likeness (QED) is 0.271. The third-order valence-electron chi connectivity index (χ3n) is 4.81. The summed E-state index contributed by atoms with van der Waals surface area (Å²) in [5.74, 6) is 0.645. The number of hydrogen-bond acceptors (Lipinski definition) is 4. The summed E-state index contributed by atoms with van der Waals surface area (Å²) in [7, 11) is 0. The molecule has 0 amide bonds. The minimum absolute atomic E-state index is 0.127. The van der Waals surface area contributed by atoms with E-state index in [0.717, 1.165) is 4.47 Å². The average Bonchev–Trinajstić information content (AvgIpc) is 3.06. The van der Waals surface area contributed by atoms with Gasteiger partial charge < -0.3 is 9.47 Å². The van der Waals surface area contributed by atoms with Crippen molar-refractivity contribution in [1.82, 2.24) is 0 Å². The van der Waals surface area contributed by atoms with E-state index < -0.39 is 0 Å². The molecule has 0 atom stereocenters. The molecule has 0 unspecified atom stereocenters. The number of allylic oxidation sites excluding steroid dienone is 1. The second-order valence-electron chi connectivity index (χ2n) is 6.89. The Bertz CT molecular complexity index is 1230. The normalized spacial score (nSPS) is 13.8.